The SMILES string of the molecule is O=C(c1ccc(F)cn1)N1CCC2(CCN(CCN3CCOCC3)C2=O)C1. The first kappa shape index (κ1) is 18.3. The Bertz CT molecular complexity index is 707. The van der Waals surface area contributed by atoms with Crippen molar-refractivity contribution in [3.63, 3.8) is 0 Å². The van der Waals surface area contributed by atoms with Gasteiger partial charge in [-0.25, -0.2) is 9.37 Å². The van der Waals surface area contributed by atoms with Crippen LogP contribution >= 0.6 is 0 Å². The molecule has 0 radical (unpaired) electrons. The Kier molecular flexibility index (Phi) is 5.10. The molecule has 3 aliphatic heterocycles. The lowest BCUT2D eigenvalue weighted by atomic mass is 9.85. The van der Waals surface area contributed by atoms with Gasteiger partial charge in [0.15, 0.2) is 0 Å². The van der Waals surface area contributed by atoms with Gasteiger partial charge in [0.1, 0.15) is 11.5 Å². The number of rotatable bonds is 4. The summed E-state index contributed by atoms with van der Waals surface area (Å²) in [5.41, 5.74) is -0.233. The summed E-state index contributed by atoms with van der Waals surface area (Å²) in [6, 6.07) is 2.63. The van der Waals surface area contributed by atoms with Gasteiger partial charge in [-0.2, -0.15) is 0 Å². The quantitative estimate of drug-likeness (QED) is 0.771. The molecule has 0 bridgehead atoms. The molecule has 0 aromatic carbocycles. The zero-order valence-corrected chi connectivity index (χ0v) is 15.4. The fourth-order valence-corrected chi connectivity index (χ4v) is 4.28. The molecule has 0 aliphatic carbocycles. The minimum atomic E-state index is -0.466. The van der Waals surface area contributed by atoms with E-state index in [4.69, 9.17) is 4.74 Å². The predicted octanol–water partition coefficient (Wildman–Crippen LogP) is 0.618. The first-order valence-electron chi connectivity index (χ1n) is 9.58. The van der Waals surface area contributed by atoms with Crippen molar-refractivity contribution in [1.82, 2.24) is 19.7 Å². The maximum Gasteiger partial charge on any atom is 0.272 e. The zero-order valence-electron chi connectivity index (χ0n) is 15.4. The van der Waals surface area contributed by atoms with Crippen LogP contribution in [0.5, 0.6) is 0 Å². The number of halogens is 1. The highest BCUT2D eigenvalue weighted by Gasteiger charge is 2.51. The average Bonchev–Trinajstić information content (AvgIpc) is 3.26. The number of likely N-dealkylation sites (tertiary alicyclic amines) is 2. The molecule has 27 heavy (non-hydrogen) atoms. The van der Waals surface area contributed by atoms with Crippen LogP contribution in [0.15, 0.2) is 18.3 Å². The van der Waals surface area contributed by atoms with E-state index in [1.165, 1.54) is 12.1 Å². The molecule has 1 spiro atoms. The van der Waals surface area contributed by atoms with Gasteiger partial charge in [-0.15, -0.1) is 0 Å². The molecular weight excluding hydrogens is 351 g/mol. The third kappa shape index (κ3) is 3.68. The Hall–Kier alpha value is -2.06. The fourth-order valence-electron chi connectivity index (χ4n) is 4.28. The second kappa shape index (κ2) is 7.52. The molecule has 1 atom stereocenters. The van der Waals surface area contributed by atoms with Gasteiger partial charge in [-0.1, -0.05) is 0 Å². The van der Waals surface area contributed by atoms with Gasteiger partial charge in [0.2, 0.25) is 5.91 Å². The first-order valence-corrected chi connectivity index (χ1v) is 9.58. The van der Waals surface area contributed by atoms with Crippen molar-refractivity contribution in [1.29, 1.82) is 0 Å². The molecule has 3 fully saturated rings. The Labute approximate surface area is 158 Å². The normalized spacial score (nSPS) is 26.3. The van der Waals surface area contributed by atoms with E-state index in [-0.39, 0.29) is 17.5 Å². The molecule has 8 heteroatoms. The number of pyridine rings is 1. The molecule has 146 valence electrons. The molecule has 4 rings (SSSR count). The minimum absolute atomic E-state index is 0.165. The van der Waals surface area contributed by atoms with Gasteiger partial charge < -0.3 is 14.5 Å². The summed E-state index contributed by atoms with van der Waals surface area (Å²) in [6.07, 6.45) is 2.52. The van der Waals surface area contributed by atoms with Crippen LogP contribution < -0.4 is 0 Å². The summed E-state index contributed by atoms with van der Waals surface area (Å²) < 4.78 is 18.4. The highest BCUT2D eigenvalue weighted by atomic mass is 19.1. The second-order valence-corrected chi connectivity index (χ2v) is 7.61. The Morgan fingerprint density at radius 1 is 1.15 bits per heavy atom. The summed E-state index contributed by atoms with van der Waals surface area (Å²) in [4.78, 5) is 35.5. The third-order valence-electron chi connectivity index (χ3n) is 5.98. The Morgan fingerprint density at radius 2 is 1.93 bits per heavy atom. The first-order chi connectivity index (χ1) is 13.1. The summed E-state index contributed by atoms with van der Waals surface area (Å²) in [5, 5.41) is 0. The van der Waals surface area contributed by atoms with Gasteiger partial charge in [-0.3, -0.25) is 14.5 Å². The van der Waals surface area contributed by atoms with Crippen molar-refractivity contribution in [2.24, 2.45) is 5.41 Å². The van der Waals surface area contributed by atoms with Crippen LogP contribution in [0.2, 0.25) is 0 Å². The van der Waals surface area contributed by atoms with Gasteiger partial charge in [0.05, 0.1) is 24.8 Å². The predicted molar refractivity (Wildman–Crippen MR) is 95.6 cm³/mol. The number of ether oxygens (including phenoxy) is 1. The highest BCUT2D eigenvalue weighted by Crippen LogP contribution is 2.40. The molecule has 0 N–H and O–H groups in total. The van der Waals surface area contributed by atoms with Crippen molar-refractivity contribution >= 4 is 11.8 Å². The van der Waals surface area contributed by atoms with Crippen molar-refractivity contribution in [3.05, 3.63) is 29.8 Å². The van der Waals surface area contributed by atoms with E-state index in [0.29, 0.717) is 19.5 Å². The van der Waals surface area contributed by atoms with E-state index in [0.717, 1.165) is 58.6 Å². The van der Waals surface area contributed by atoms with Gasteiger partial charge in [0.25, 0.3) is 5.91 Å². The van der Waals surface area contributed by atoms with E-state index < -0.39 is 11.2 Å². The lowest BCUT2D eigenvalue weighted by molar-refractivity contribution is -0.135. The van der Waals surface area contributed by atoms with Crippen molar-refractivity contribution in [3.8, 4) is 0 Å². The van der Waals surface area contributed by atoms with E-state index in [9.17, 15) is 14.0 Å². The highest BCUT2D eigenvalue weighted by molar-refractivity contribution is 5.94. The van der Waals surface area contributed by atoms with Crippen molar-refractivity contribution in [2.75, 3.05) is 59.0 Å². The van der Waals surface area contributed by atoms with Crippen LogP contribution in [0.1, 0.15) is 23.3 Å². The molecule has 1 aromatic heterocycles. The van der Waals surface area contributed by atoms with Gasteiger partial charge in [-0.05, 0) is 25.0 Å². The molecule has 3 saturated heterocycles. The van der Waals surface area contributed by atoms with Crippen molar-refractivity contribution < 1.29 is 18.7 Å². The van der Waals surface area contributed by atoms with Gasteiger partial charge in [0, 0.05) is 45.8 Å². The van der Waals surface area contributed by atoms with Crippen LogP contribution in [0, 0.1) is 11.2 Å². The van der Waals surface area contributed by atoms with Crippen LogP contribution in [0.25, 0.3) is 0 Å². The standard InChI is InChI=1S/C19H25FN4O3/c20-15-1-2-16(21-13-15)17(25)24-6-4-19(14-24)3-5-23(18(19)26)8-7-22-9-11-27-12-10-22/h1-2,13H,3-12,14H2. The Balaban J connectivity index is 1.35. The zero-order chi connectivity index (χ0) is 18.9. The maximum atomic E-state index is 13.0. The molecule has 0 saturated carbocycles. The van der Waals surface area contributed by atoms with Crippen LogP contribution in [0.4, 0.5) is 4.39 Å². The summed E-state index contributed by atoms with van der Waals surface area (Å²) in [6.45, 7) is 6.67. The largest absolute Gasteiger partial charge is 0.379 e. The topological polar surface area (TPSA) is 66.0 Å². The minimum Gasteiger partial charge on any atom is -0.379 e. The number of morpholine rings is 1. The van der Waals surface area contributed by atoms with E-state index in [2.05, 4.69) is 9.88 Å². The molecule has 3 aliphatic rings. The number of amides is 2. The number of aromatic nitrogens is 1. The van der Waals surface area contributed by atoms with Crippen LogP contribution in [0.3, 0.4) is 0 Å². The molecule has 2 amide bonds. The van der Waals surface area contributed by atoms with Crippen molar-refractivity contribution in [2.45, 2.75) is 12.8 Å². The lowest BCUT2D eigenvalue weighted by Gasteiger charge is -2.29. The van der Waals surface area contributed by atoms with E-state index in [1.807, 2.05) is 4.90 Å². The molecule has 1 aromatic rings. The fraction of sp³-hybridized carbons (Fsp3) is 0.632. The molecule has 1 unspecified atom stereocenters. The summed E-state index contributed by atoms with van der Waals surface area (Å²) >= 11 is 0. The molecule has 4 heterocycles. The number of nitrogens with zero attached hydrogens (tertiary/aromatic N) is 4. The number of hydrogen-bond acceptors (Lipinski definition) is 5. The van der Waals surface area contributed by atoms with E-state index >= 15 is 0 Å². The Morgan fingerprint density at radius 3 is 2.67 bits per heavy atom. The lowest BCUT2D eigenvalue weighted by Crippen LogP contribution is -2.44. The van der Waals surface area contributed by atoms with E-state index in [1.54, 1.807) is 4.90 Å². The number of hydrogen-bond donors (Lipinski definition) is 0. The third-order valence-corrected chi connectivity index (χ3v) is 5.98. The average molecular weight is 376 g/mol. The monoisotopic (exact) mass is 376 g/mol. The van der Waals surface area contributed by atoms with Crippen LogP contribution in [-0.4, -0.2) is 90.5 Å². The molecular formula is C19H25FN4O3. The summed E-state index contributed by atoms with van der Waals surface area (Å²) in [5.74, 6) is -0.532. The number of carbonyl (C=O) groups is 2. The maximum absolute atomic E-state index is 13.0. The molecule has 7 nitrogen and oxygen atoms in total. The summed E-state index contributed by atoms with van der Waals surface area (Å²) in [7, 11) is 0. The van der Waals surface area contributed by atoms with Crippen LogP contribution in [-0.2, 0) is 9.53 Å². The number of carbonyl (C=O) groups excluding carboxylic acids is 2. The smallest absolute Gasteiger partial charge is 0.272 e. The van der Waals surface area contributed by atoms with Gasteiger partial charge >= 0.3 is 0 Å². The second-order valence-electron chi connectivity index (χ2n) is 7.61.